The molecule has 5 heteroatoms. The molecule has 1 fully saturated rings. The first-order valence-electron chi connectivity index (χ1n) is 7.04. The summed E-state index contributed by atoms with van der Waals surface area (Å²) in [7, 11) is 1.64. The van der Waals surface area contributed by atoms with Crippen molar-refractivity contribution in [1.82, 2.24) is 5.32 Å². The topological polar surface area (TPSA) is 56.8 Å². The highest BCUT2D eigenvalue weighted by molar-refractivity contribution is 5.77. The SMILES string of the molecule is COCCOCCCOC(=O)C1NCCCC1(C)C. The number of carbonyl (C=O) groups excluding carboxylic acids is 1. The minimum Gasteiger partial charge on any atom is -0.464 e. The van der Waals surface area contributed by atoms with E-state index in [0.29, 0.717) is 26.4 Å². The molecule has 5 nitrogen and oxygen atoms in total. The molecule has 1 atom stereocenters. The molecule has 1 heterocycles. The van der Waals surface area contributed by atoms with Gasteiger partial charge in [-0.1, -0.05) is 13.8 Å². The van der Waals surface area contributed by atoms with Crippen molar-refractivity contribution in [1.29, 1.82) is 0 Å². The van der Waals surface area contributed by atoms with E-state index in [0.717, 1.165) is 25.8 Å². The predicted octanol–water partition coefficient (Wildman–Crippen LogP) is 1.36. The highest BCUT2D eigenvalue weighted by Gasteiger charge is 2.38. The van der Waals surface area contributed by atoms with E-state index in [1.54, 1.807) is 7.11 Å². The maximum atomic E-state index is 12.0. The van der Waals surface area contributed by atoms with Gasteiger partial charge in [-0.3, -0.25) is 4.79 Å². The van der Waals surface area contributed by atoms with E-state index in [-0.39, 0.29) is 17.4 Å². The van der Waals surface area contributed by atoms with Gasteiger partial charge in [0.05, 0.1) is 19.8 Å². The van der Waals surface area contributed by atoms with Crippen molar-refractivity contribution in [3.63, 3.8) is 0 Å². The van der Waals surface area contributed by atoms with E-state index in [9.17, 15) is 4.79 Å². The van der Waals surface area contributed by atoms with Crippen molar-refractivity contribution >= 4 is 5.97 Å². The van der Waals surface area contributed by atoms with Crippen LogP contribution in [0.2, 0.25) is 0 Å². The van der Waals surface area contributed by atoms with Crippen LogP contribution in [0, 0.1) is 5.41 Å². The van der Waals surface area contributed by atoms with Crippen LogP contribution < -0.4 is 5.32 Å². The summed E-state index contributed by atoms with van der Waals surface area (Å²) in [5.74, 6) is -0.137. The minimum atomic E-state index is -0.185. The van der Waals surface area contributed by atoms with Crippen LogP contribution in [0.15, 0.2) is 0 Å². The van der Waals surface area contributed by atoms with E-state index in [4.69, 9.17) is 14.2 Å². The second-order valence-corrected chi connectivity index (χ2v) is 5.61. The number of carbonyl (C=O) groups is 1. The van der Waals surface area contributed by atoms with Crippen LogP contribution >= 0.6 is 0 Å². The molecule has 0 spiro atoms. The molecule has 0 aromatic heterocycles. The lowest BCUT2D eigenvalue weighted by molar-refractivity contribution is -0.150. The van der Waals surface area contributed by atoms with Crippen LogP contribution in [0.4, 0.5) is 0 Å². The Labute approximate surface area is 116 Å². The number of ether oxygens (including phenoxy) is 3. The summed E-state index contributed by atoms with van der Waals surface area (Å²) < 4.78 is 15.5. The normalized spacial score (nSPS) is 22.2. The highest BCUT2D eigenvalue weighted by Crippen LogP contribution is 2.30. The van der Waals surface area contributed by atoms with Gasteiger partial charge >= 0.3 is 5.97 Å². The van der Waals surface area contributed by atoms with E-state index in [1.165, 1.54) is 0 Å². The third kappa shape index (κ3) is 5.89. The quantitative estimate of drug-likeness (QED) is 0.534. The Morgan fingerprint density at radius 1 is 1.26 bits per heavy atom. The van der Waals surface area contributed by atoms with E-state index >= 15 is 0 Å². The molecule has 0 aromatic rings. The number of hydrogen-bond donors (Lipinski definition) is 1. The Kier molecular flexibility index (Phi) is 7.34. The first kappa shape index (κ1) is 16.4. The van der Waals surface area contributed by atoms with Crippen LogP contribution in [-0.2, 0) is 19.0 Å². The molecule has 112 valence electrons. The standard InChI is InChI=1S/C14H27NO4/c1-14(2)6-4-7-15-12(14)13(16)19-9-5-8-18-11-10-17-3/h12,15H,4-11H2,1-3H3. The molecule has 0 radical (unpaired) electrons. The smallest absolute Gasteiger partial charge is 0.323 e. The number of nitrogens with one attached hydrogen (secondary N) is 1. The zero-order chi connectivity index (χ0) is 14.1. The minimum absolute atomic E-state index is 0.0235. The fourth-order valence-electron chi connectivity index (χ4n) is 2.27. The molecule has 0 saturated carbocycles. The third-order valence-electron chi connectivity index (χ3n) is 3.47. The summed E-state index contributed by atoms with van der Waals surface area (Å²) >= 11 is 0. The second-order valence-electron chi connectivity index (χ2n) is 5.61. The molecular formula is C14H27NO4. The molecule has 0 aliphatic carbocycles. The molecule has 0 bridgehead atoms. The molecule has 0 aromatic carbocycles. The van der Waals surface area contributed by atoms with Crippen molar-refractivity contribution in [2.24, 2.45) is 5.41 Å². The first-order valence-corrected chi connectivity index (χ1v) is 7.04. The fourth-order valence-corrected chi connectivity index (χ4v) is 2.27. The van der Waals surface area contributed by atoms with Crippen LogP contribution in [0.3, 0.4) is 0 Å². The Balaban J connectivity index is 2.13. The summed E-state index contributed by atoms with van der Waals surface area (Å²) in [5, 5.41) is 3.26. The van der Waals surface area contributed by atoms with Crippen molar-refractivity contribution in [2.45, 2.75) is 39.2 Å². The van der Waals surface area contributed by atoms with Crippen LogP contribution in [0.1, 0.15) is 33.1 Å². The Hall–Kier alpha value is -0.650. The summed E-state index contributed by atoms with van der Waals surface area (Å²) in [5.41, 5.74) is -0.0235. The highest BCUT2D eigenvalue weighted by atomic mass is 16.5. The molecule has 1 unspecified atom stereocenters. The van der Waals surface area contributed by atoms with E-state index in [1.807, 2.05) is 0 Å². The Morgan fingerprint density at radius 2 is 2.05 bits per heavy atom. The fraction of sp³-hybridized carbons (Fsp3) is 0.929. The van der Waals surface area contributed by atoms with Gasteiger partial charge in [0.1, 0.15) is 6.04 Å². The lowest BCUT2D eigenvalue weighted by atomic mass is 9.77. The van der Waals surface area contributed by atoms with Crippen LogP contribution in [0.5, 0.6) is 0 Å². The van der Waals surface area contributed by atoms with Crippen LogP contribution in [-0.4, -0.2) is 52.1 Å². The van der Waals surface area contributed by atoms with Crippen molar-refractivity contribution in [2.75, 3.05) is 40.1 Å². The average Bonchev–Trinajstić information content (AvgIpc) is 2.37. The molecule has 1 aliphatic rings. The van der Waals surface area contributed by atoms with E-state index < -0.39 is 0 Å². The van der Waals surface area contributed by atoms with Gasteiger partial charge in [0.15, 0.2) is 0 Å². The van der Waals surface area contributed by atoms with Gasteiger partial charge < -0.3 is 19.5 Å². The maximum Gasteiger partial charge on any atom is 0.323 e. The zero-order valence-corrected chi connectivity index (χ0v) is 12.4. The van der Waals surface area contributed by atoms with Gasteiger partial charge in [0.25, 0.3) is 0 Å². The average molecular weight is 273 g/mol. The lowest BCUT2D eigenvalue weighted by Crippen LogP contribution is -2.52. The molecule has 1 N–H and O–H groups in total. The van der Waals surface area contributed by atoms with Gasteiger partial charge in [0, 0.05) is 20.1 Å². The van der Waals surface area contributed by atoms with E-state index in [2.05, 4.69) is 19.2 Å². The van der Waals surface area contributed by atoms with Crippen molar-refractivity contribution < 1.29 is 19.0 Å². The number of methoxy groups -OCH3 is 1. The molecule has 1 aliphatic heterocycles. The largest absolute Gasteiger partial charge is 0.464 e. The summed E-state index contributed by atoms with van der Waals surface area (Å²) in [6, 6.07) is -0.185. The third-order valence-corrected chi connectivity index (χ3v) is 3.47. The number of piperidine rings is 1. The summed E-state index contributed by atoms with van der Waals surface area (Å²) in [6.45, 7) is 7.31. The number of rotatable bonds is 8. The molecule has 19 heavy (non-hydrogen) atoms. The number of hydrogen-bond acceptors (Lipinski definition) is 5. The maximum absolute atomic E-state index is 12.0. The van der Waals surface area contributed by atoms with Crippen molar-refractivity contribution in [3.05, 3.63) is 0 Å². The van der Waals surface area contributed by atoms with Gasteiger partial charge in [-0.2, -0.15) is 0 Å². The van der Waals surface area contributed by atoms with Gasteiger partial charge in [-0.05, 0) is 24.8 Å². The monoisotopic (exact) mass is 273 g/mol. The van der Waals surface area contributed by atoms with Crippen LogP contribution in [0.25, 0.3) is 0 Å². The lowest BCUT2D eigenvalue weighted by Gasteiger charge is -2.37. The number of esters is 1. The molecule has 1 rings (SSSR count). The van der Waals surface area contributed by atoms with Gasteiger partial charge in [-0.25, -0.2) is 0 Å². The summed E-state index contributed by atoms with van der Waals surface area (Å²) in [4.78, 5) is 12.0. The molecule has 0 amide bonds. The Bertz CT molecular complexity index is 268. The molecular weight excluding hydrogens is 246 g/mol. The second kappa shape index (κ2) is 8.51. The molecule has 1 saturated heterocycles. The predicted molar refractivity (Wildman–Crippen MR) is 73.1 cm³/mol. The summed E-state index contributed by atoms with van der Waals surface area (Å²) in [6.07, 6.45) is 2.90. The van der Waals surface area contributed by atoms with Gasteiger partial charge in [0.2, 0.25) is 0 Å². The Morgan fingerprint density at radius 3 is 2.74 bits per heavy atom. The van der Waals surface area contributed by atoms with Gasteiger partial charge in [-0.15, -0.1) is 0 Å². The zero-order valence-electron chi connectivity index (χ0n) is 12.4. The van der Waals surface area contributed by atoms with Crippen molar-refractivity contribution in [3.8, 4) is 0 Å². The first-order chi connectivity index (χ1) is 9.08.